The van der Waals surface area contributed by atoms with E-state index >= 15 is 0 Å². The molecular formula is C38H57NO4Si2. The molecule has 2 aromatic carbocycles. The normalized spacial score (nSPS) is 25.4. The van der Waals surface area contributed by atoms with E-state index in [0.29, 0.717) is 24.9 Å². The van der Waals surface area contributed by atoms with Gasteiger partial charge in [0.2, 0.25) is 6.54 Å². The van der Waals surface area contributed by atoms with Crippen molar-refractivity contribution in [2.24, 2.45) is 29.1 Å². The summed E-state index contributed by atoms with van der Waals surface area (Å²) in [6, 6.07) is 21.2. The van der Waals surface area contributed by atoms with E-state index in [-0.39, 0.29) is 44.9 Å². The van der Waals surface area contributed by atoms with Crippen LogP contribution in [0.5, 0.6) is 0 Å². The Hall–Kier alpha value is -2.33. The molecule has 2 aliphatic carbocycles. The highest BCUT2D eigenvalue weighted by atomic mass is 28.4. The lowest BCUT2D eigenvalue weighted by molar-refractivity contribution is -0.479. The second kappa shape index (κ2) is 13.1. The summed E-state index contributed by atoms with van der Waals surface area (Å²) in [4.78, 5) is 11.5. The molecule has 0 radical (unpaired) electrons. The van der Waals surface area contributed by atoms with Crippen LogP contribution in [0.25, 0.3) is 0 Å². The molecule has 0 amide bonds. The van der Waals surface area contributed by atoms with Gasteiger partial charge in [0.1, 0.15) is 0 Å². The average Bonchev–Trinajstić information content (AvgIpc) is 3.54. The van der Waals surface area contributed by atoms with E-state index in [2.05, 4.69) is 136 Å². The molecule has 0 heterocycles. The van der Waals surface area contributed by atoms with Crippen molar-refractivity contribution in [1.29, 1.82) is 0 Å². The van der Waals surface area contributed by atoms with Crippen LogP contribution in [-0.2, 0) is 8.85 Å². The first-order valence-electron chi connectivity index (χ1n) is 16.7. The molecule has 7 heteroatoms. The summed E-state index contributed by atoms with van der Waals surface area (Å²) in [5.74, 6) is 1.42. The molecule has 0 bridgehead atoms. The molecule has 5 nitrogen and oxygen atoms in total. The molecular weight excluding hydrogens is 591 g/mol. The number of hydrogen-bond acceptors (Lipinski definition) is 4. The number of nitrogens with zero attached hydrogens (tertiary/aromatic N) is 1. The topological polar surface area (TPSA) is 61.6 Å². The van der Waals surface area contributed by atoms with Gasteiger partial charge in [-0.15, -0.1) is 6.58 Å². The fourth-order valence-corrected chi connectivity index (χ4v) is 13.7. The van der Waals surface area contributed by atoms with E-state index in [0.717, 1.165) is 12.0 Å². The van der Waals surface area contributed by atoms with Crippen LogP contribution in [0.15, 0.2) is 85.0 Å². The van der Waals surface area contributed by atoms with Crippen molar-refractivity contribution < 1.29 is 13.8 Å². The van der Waals surface area contributed by atoms with Crippen molar-refractivity contribution in [3.05, 3.63) is 95.1 Å². The van der Waals surface area contributed by atoms with Gasteiger partial charge in [0.25, 0.3) is 8.32 Å². The van der Waals surface area contributed by atoms with Gasteiger partial charge in [-0.05, 0) is 74.6 Å². The van der Waals surface area contributed by atoms with Crippen LogP contribution >= 0.6 is 0 Å². The quantitative estimate of drug-likeness (QED) is 0.100. The Kier molecular flexibility index (Phi) is 10.3. The zero-order chi connectivity index (χ0) is 33.4. The summed E-state index contributed by atoms with van der Waals surface area (Å²) in [6.45, 7) is 27.8. The molecule has 0 aliphatic heterocycles. The van der Waals surface area contributed by atoms with Gasteiger partial charge < -0.3 is 8.85 Å². The third-order valence-corrected chi connectivity index (χ3v) is 20.8. The van der Waals surface area contributed by atoms with E-state index in [1.807, 2.05) is 12.1 Å². The lowest BCUT2D eigenvalue weighted by atomic mass is 9.76. The van der Waals surface area contributed by atoms with Gasteiger partial charge in [-0.2, -0.15) is 0 Å². The van der Waals surface area contributed by atoms with Crippen LogP contribution in [-0.4, -0.2) is 40.8 Å². The minimum Gasteiger partial charge on any atom is -0.414 e. The summed E-state index contributed by atoms with van der Waals surface area (Å²) >= 11 is 0. The molecule has 0 aromatic heterocycles. The molecule has 2 aliphatic rings. The average molecular weight is 648 g/mol. The molecule has 4 rings (SSSR count). The summed E-state index contributed by atoms with van der Waals surface area (Å²) in [5.41, 5.74) is 1.17. The standard InChI is InChI=1S/C38H57NO4Si2/c1-12-29-26-33(43-44(10,11)36(2,3)4)35-34(38(35,8)9)32(29)25-28(23-24-39(40)41)27-42-45(37(5,6)7,30-19-15-13-16-20-30)31-21-17-14-18-22-31/h12-22,25,29,32-35H,1,23-24,26-27H2,2-11H3/b28-25-/t29-,32+,33+,34-,35+/m0/s1. The van der Waals surface area contributed by atoms with E-state index in [9.17, 15) is 10.1 Å². The first-order valence-corrected chi connectivity index (χ1v) is 21.5. The molecule has 0 saturated heterocycles. The Balaban J connectivity index is 1.72. The fourth-order valence-electron chi connectivity index (χ4n) is 7.83. The smallest absolute Gasteiger partial charge is 0.261 e. The Morgan fingerprint density at radius 2 is 1.49 bits per heavy atom. The highest BCUT2D eigenvalue weighted by Gasteiger charge is 2.67. The van der Waals surface area contributed by atoms with Gasteiger partial charge in [-0.3, -0.25) is 10.1 Å². The fraction of sp³-hybridized carbons (Fsp3) is 0.579. The van der Waals surface area contributed by atoms with E-state index < -0.39 is 16.6 Å². The predicted octanol–water partition coefficient (Wildman–Crippen LogP) is 8.64. The van der Waals surface area contributed by atoms with Crippen LogP contribution < -0.4 is 10.4 Å². The molecule has 45 heavy (non-hydrogen) atoms. The van der Waals surface area contributed by atoms with Crippen molar-refractivity contribution in [2.75, 3.05) is 13.2 Å². The van der Waals surface area contributed by atoms with E-state index in [1.165, 1.54) is 10.4 Å². The largest absolute Gasteiger partial charge is 0.414 e. The van der Waals surface area contributed by atoms with Gasteiger partial charge in [-0.1, -0.05) is 128 Å². The minimum absolute atomic E-state index is 0.101. The van der Waals surface area contributed by atoms with Gasteiger partial charge in [0.05, 0.1) is 6.61 Å². The lowest BCUT2D eigenvalue weighted by Gasteiger charge is -2.43. The van der Waals surface area contributed by atoms with Crippen molar-refractivity contribution in [3.8, 4) is 0 Å². The van der Waals surface area contributed by atoms with Crippen LogP contribution in [0.4, 0.5) is 0 Å². The molecule has 2 aromatic rings. The number of nitro groups is 1. The summed E-state index contributed by atoms with van der Waals surface area (Å²) in [7, 11) is -4.74. The van der Waals surface area contributed by atoms with Crippen molar-refractivity contribution in [1.82, 2.24) is 0 Å². The summed E-state index contributed by atoms with van der Waals surface area (Å²) in [6.07, 6.45) is 6.02. The monoisotopic (exact) mass is 647 g/mol. The Morgan fingerprint density at radius 1 is 0.956 bits per heavy atom. The summed E-state index contributed by atoms with van der Waals surface area (Å²) < 4.78 is 14.4. The first-order chi connectivity index (χ1) is 20.9. The predicted molar refractivity (Wildman–Crippen MR) is 193 cm³/mol. The molecule has 0 N–H and O–H groups in total. The maximum absolute atomic E-state index is 11.7. The van der Waals surface area contributed by atoms with Crippen LogP contribution in [0.1, 0.15) is 68.2 Å². The molecule has 0 spiro atoms. The maximum atomic E-state index is 11.7. The van der Waals surface area contributed by atoms with Crippen molar-refractivity contribution in [3.63, 3.8) is 0 Å². The van der Waals surface area contributed by atoms with E-state index in [4.69, 9.17) is 8.85 Å². The van der Waals surface area contributed by atoms with Crippen LogP contribution in [0.3, 0.4) is 0 Å². The number of fused-ring (bicyclic) bond motifs is 1. The molecule has 0 unspecified atom stereocenters. The number of hydrogen-bond donors (Lipinski definition) is 0. The second-order valence-corrected chi connectivity index (χ2v) is 25.6. The van der Waals surface area contributed by atoms with Gasteiger partial charge in [0, 0.05) is 17.4 Å². The first kappa shape index (κ1) is 35.5. The van der Waals surface area contributed by atoms with Crippen LogP contribution in [0, 0.1) is 39.2 Å². The van der Waals surface area contributed by atoms with E-state index in [1.54, 1.807) is 0 Å². The Morgan fingerprint density at radius 3 is 1.93 bits per heavy atom. The van der Waals surface area contributed by atoms with Crippen LogP contribution in [0.2, 0.25) is 23.2 Å². The molecule has 246 valence electrons. The number of allylic oxidation sites excluding steroid dienone is 2. The highest BCUT2D eigenvalue weighted by molar-refractivity contribution is 6.99. The molecule has 2 saturated carbocycles. The Labute approximate surface area is 274 Å². The van der Waals surface area contributed by atoms with Gasteiger partial charge in [-0.25, -0.2) is 0 Å². The van der Waals surface area contributed by atoms with Gasteiger partial charge in [0.15, 0.2) is 8.32 Å². The Bertz CT molecular complexity index is 1320. The second-order valence-electron chi connectivity index (χ2n) is 16.6. The molecule has 2 fully saturated rings. The molecule has 5 atom stereocenters. The minimum atomic E-state index is -2.80. The zero-order valence-corrected chi connectivity index (χ0v) is 31.4. The maximum Gasteiger partial charge on any atom is 0.261 e. The third kappa shape index (κ3) is 7.17. The van der Waals surface area contributed by atoms with Crippen molar-refractivity contribution in [2.45, 2.75) is 97.5 Å². The summed E-state index contributed by atoms with van der Waals surface area (Å²) in [5, 5.41) is 14.1. The zero-order valence-electron chi connectivity index (χ0n) is 29.4. The third-order valence-electron chi connectivity index (χ3n) is 11.3. The van der Waals surface area contributed by atoms with Gasteiger partial charge >= 0.3 is 0 Å². The number of rotatable bonds is 12. The lowest BCUT2D eigenvalue weighted by Crippen LogP contribution is -2.66. The van der Waals surface area contributed by atoms with Crippen molar-refractivity contribution >= 4 is 27.0 Å². The highest BCUT2D eigenvalue weighted by Crippen LogP contribution is 2.69. The SMILES string of the molecule is C=C[C@H]1C[C@@H](O[Si](C)(C)C(C)(C)C)[C@@H]2[C@H]([C@@H]1/C=C(/CC[N+](=O)[O-])CO[Si](c1ccccc1)(c1ccccc1)C(C)(C)C)C2(C)C. The number of benzene rings is 2.